The predicted molar refractivity (Wildman–Crippen MR) is 59.1 cm³/mol. The highest BCUT2D eigenvalue weighted by Gasteiger charge is 2.28. The predicted octanol–water partition coefficient (Wildman–Crippen LogP) is 0.0675. The molecule has 0 aromatic rings. The third-order valence-corrected chi connectivity index (χ3v) is 2.78. The molecule has 0 saturated heterocycles. The molecule has 5 heteroatoms. The molecule has 16 heavy (non-hydrogen) atoms. The van der Waals surface area contributed by atoms with Gasteiger partial charge in [-0.2, -0.15) is 0 Å². The van der Waals surface area contributed by atoms with Crippen molar-refractivity contribution in [3.8, 4) is 0 Å². The Labute approximate surface area is 96.1 Å². The first-order chi connectivity index (χ1) is 7.65. The second-order valence-corrected chi connectivity index (χ2v) is 4.10. The molecule has 0 aromatic carbocycles. The topological polar surface area (TPSA) is 67.8 Å². The lowest BCUT2D eigenvalue weighted by atomic mass is 9.89. The summed E-state index contributed by atoms with van der Waals surface area (Å²) in [5, 5.41) is 12.7. The van der Waals surface area contributed by atoms with Gasteiger partial charge in [-0.05, 0) is 19.8 Å². The van der Waals surface area contributed by atoms with Crippen molar-refractivity contribution in [3.05, 3.63) is 0 Å². The summed E-state index contributed by atoms with van der Waals surface area (Å²) in [4.78, 5) is 11.1. The molecule has 1 saturated carbocycles. The van der Waals surface area contributed by atoms with Crippen LogP contribution in [0.2, 0.25) is 0 Å². The first-order valence-corrected chi connectivity index (χ1v) is 5.75. The monoisotopic (exact) mass is 231 g/mol. The maximum Gasteiger partial charge on any atom is 0.308 e. The molecule has 0 bridgehead atoms. The summed E-state index contributed by atoms with van der Waals surface area (Å²) in [5.41, 5.74) is 0. The minimum atomic E-state index is -0.666. The zero-order valence-electron chi connectivity index (χ0n) is 9.94. The van der Waals surface area contributed by atoms with Crippen LogP contribution >= 0.6 is 0 Å². The minimum Gasteiger partial charge on any atom is -0.466 e. The van der Waals surface area contributed by atoms with E-state index in [0.717, 1.165) is 12.8 Å². The molecule has 0 amide bonds. The van der Waals surface area contributed by atoms with Gasteiger partial charge in [-0.25, -0.2) is 0 Å². The molecule has 0 aromatic heterocycles. The summed E-state index contributed by atoms with van der Waals surface area (Å²) in [5.74, 6) is -0.347. The van der Waals surface area contributed by atoms with Crippen molar-refractivity contribution in [1.29, 1.82) is 0 Å². The summed E-state index contributed by atoms with van der Waals surface area (Å²) in [6, 6.07) is 0.404. The highest BCUT2D eigenvalue weighted by Crippen LogP contribution is 2.22. The Balaban J connectivity index is 2.02. The zero-order valence-corrected chi connectivity index (χ0v) is 9.94. The van der Waals surface area contributed by atoms with Crippen LogP contribution < -0.4 is 5.32 Å². The summed E-state index contributed by atoms with van der Waals surface area (Å²) < 4.78 is 9.89. The van der Waals surface area contributed by atoms with Crippen molar-refractivity contribution in [3.63, 3.8) is 0 Å². The van der Waals surface area contributed by atoms with Gasteiger partial charge in [0.25, 0.3) is 0 Å². The van der Waals surface area contributed by atoms with Crippen LogP contribution in [0, 0.1) is 0 Å². The number of aliphatic hydroxyl groups is 1. The number of carbonyl (C=O) groups is 1. The van der Waals surface area contributed by atoms with Crippen molar-refractivity contribution >= 4 is 5.97 Å². The molecule has 5 nitrogen and oxygen atoms in total. The van der Waals surface area contributed by atoms with Crippen LogP contribution in [0.25, 0.3) is 0 Å². The molecule has 1 atom stereocenters. The fourth-order valence-corrected chi connectivity index (χ4v) is 1.71. The third kappa shape index (κ3) is 4.47. The van der Waals surface area contributed by atoms with Crippen LogP contribution in [0.15, 0.2) is 0 Å². The van der Waals surface area contributed by atoms with Crippen LogP contribution in [0.4, 0.5) is 0 Å². The fourth-order valence-electron chi connectivity index (χ4n) is 1.71. The van der Waals surface area contributed by atoms with E-state index in [1.807, 2.05) is 0 Å². The Bertz CT molecular complexity index is 216. The highest BCUT2D eigenvalue weighted by atomic mass is 16.5. The number of nitrogens with one attached hydrogen (secondary N) is 1. The average molecular weight is 231 g/mol. The van der Waals surface area contributed by atoms with E-state index in [1.54, 1.807) is 14.0 Å². The van der Waals surface area contributed by atoms with Gasteiger partial charge in [0.15, 0.2) is 0 Å². The minimum absolute atomic E-state index is 0.0568. The van der Waals surface area contributed by atoms with Gasteiger partial charge in [0.2, 0.25) is 0 Å². The first-order valence-electron chi connectivity index (χ1n) is 5.75. The Morgan fingerprint density at radius 1 is 1.56 bits per heavy atom. The van der Waals surface area contributed by atoms with E-state index in [1.165, 1.54) is 0 Å². The lowest BCUT2D eigenvalue weighted by Crippen LogP contribution is -2.47. The SMILES string of the molecule is CCOC(=O)CC(O)CNC1CC(OC)C1. The quantitative estimate of drug-likeness (QED) is 0.607. The molecule has 0 heterocycles. The maximum absolute atomic E-state index is 11.1. The summed E-state index contributed by atoms with van der Waals surface area (Å²) in [6.45, 7) is 2.54. The van der Waals surface area contributed by atoms with Gasteiger partial charge in [-0.1, -0.05) is 0 Å². The number of carbonyl (C=O) groups excluding carboxylic acids is 1. The van der Waals surface area contributed by atoms with Crippen LogP contribution in [0.1, 0.15) is 26.2 Å². The Kier molecular flexibility index (Phi) is 5.73. The molecule has 1 unspecified atom stereocenters. The molecule has 0 spiro atoms. The molecule has 1 aliphatic carbocycles. The second kappa shape index (κ2) is 6.83. The lowest BCUT2D eigenvalue weighted by molar-refractivity contribution is -0.145. The highest BCUT2D eigenvalue weighted by molar-refractivity contribution is 5.69. The Hall–Kier alpha value is -0.650. The number of methoxy groups -OCH3 is 1. The molecule has 0 aliphatic heterocycles. The van der Waals surface area contributed by atoms with Gasteiger partial charge in [-0.3, -0.25) is 4.79 Å². The van der Waals surface area contributed by atoms with E-state index in [4.69, 9.17) is 9.47 Å². The van der Waals surface area contributed by atoms with Crippen molar-refractivity contribution in [2.75, 3.05) is 20.3 Å². The average Bonchev–Trinajstić information content (AvgIpc) is 2.15. The van der Waals surface area contributed by atoms with E-state index in [2.05, 4.69) is 5.32 Å². The second-order valence-electron chi connectivity index (χ2n) is 4.10. The normalized spacial score (nSPS) is 25.9. The summed E-state index contributed by atoms with van der Waals surface area (Å²) in [6.07, 6.45) is 1.69. The molecule has 0 radical (unpaired) electrons. The maximum atomic E-state index is 11.1. The fraction of sp³-hybridized carbons (Fsp3) is 0.909. The van der Waals surface area contributed by atoms with Gasteiger partial charge in [-0.15, -0.1) is 0 Å². The van der Waals surface area contributed by atoms with Gasteiger partial charge in [0, 0.05) is 19.7 Å². The largest absolute Gasteiger partial charge is 0.466 e. The number of ether oxygens (including phenoxy) is 2. The van der Waals surface area contributed by atoms with Crippen LogP contribution in [0.5, 0.6) is 0 Å². The summed E-state index contributed by atoms with van der Waals surface area (Å²) >= 11 is 0. The molecule has 1 rings (SSSR count). The van der Waals surface area contributed by atoms with Gasteiger partial charge >= 0.3 is 5.97 Å². The first kappa shape index (κ1) is 13.4. The molecule has 94 valence electrons. The number of hydrogen-bond acceptors (Lipinski definition) is 5. The molecule has 1 aliphatic rings. The molecule has 1 fully saturated rings. The molecular formula is C11H21NO4. The van der Waals surface area contributed by atoms with Crippen molar-refractivity contribution in [2.45, 2.75) is 44.4 Å². The van der Waals surface area contributed by atoms with E-state index < -0.39 is 6.10 Å². The van der Waals surface area contributed by atoms with Crippen LogP contribution in [-0.4, -0.2) is 49.6 Å². The Morgan fingerprint density at radius 2 is 2.25 bits per heavy atom. The van der Waals surface area contributed by atoms with Crippen LogP contribution in [-0.2, 0) is 14.3 Å². The van der Waals surface area contributed by atoms with E-state index in [9.17, 15) is 9.90 Å². The third-order valence-electron chi connectivity index (χ3n) is 2.78. The van der Waals surface area contributed by atoms with Crippen molar-refractivity contribution < 1.29 is 19.4 Å². The number of hydrogen-bond donors (Lipinski definition) is 2. The molecular weight excluding hydrogens is 210 g/mol. The van der Waals surface area contributed by atoms with Gasteiger partial charge in [0.1, 0.15) is 0 Å². The zero-order chi connectivity index (χ0) is 12.0. The van der Waals surface area contributed by atoms with Crippen molar-refractivity contribution in [2.24, 2.45) is 0 Å². The smallest absolute Gasteiger partial charge is 0.308 e. The van der Waals surface area contributed by atoms with Gasteiger partial charge in [0.05, 0.1) is 25.2 Å². The van der Waals surface area contributed by atoms with Gasteiger partial charge < -0.3 is 19.9 Å². The Morgan fingerprint density at radius 3 is 2.81 bits per heavy atom. The number of aliphatic hydroxyl groups excluding tert-OH is 1. The number of esters is 1. The van der Waals surface area contributed by atoms with E-state index >= 15 is 0 Å². The standard InChI is InChI=1S/C11H21NO4/c1-3-16-11(14)6-9(13)7-12-8-4-10(5-8)15-2/h8-10,12-13H,3-7H2,1-2H3. The van der Waals surface area contributed by atoms with Crippen LogP contribution in [0.3, 0.4) is 0 Å². The lowest BCUT2D eigenvalue weighted by Gasteiger charge is -2.35. The number of rotatable bonds is 7. The summed E-state index contributed by atoms with van der Waals surface area (Å²) in [7, 11) is 1.70. The van der Waals surface area contributed by atoms with E-state index in [-0.39, 0.29) is 12.4 Å². The molecule has 2 N–H and O–H groups in total. The van der Waals surface area contributed by atoms with Crippen molar-refractivity contribution in [1.82, 2.24) is 5.32 Å². The van der Waals surface area contributed by atoms with E-state index in [0.29, 0.717) is 25.3 Å².